The number of aryl methyl sites for hydroxylation is 1. The molecule has 3 rings (SSSR count). The van der Waals surface area contributed by atoms with Crippen molar-refractivity contribution in [3.05, 3.63) is 57.7 Å². The molecule has 0 aliphatic rings. The first kappa shape index (κ1) is 25.7. The lowest BCUT2D eigenvalue weighted by molar-refractivity contribution is -0.107. The Hall–Kier alpha value is -2.91. The number of fused-ring (bicyclic) bond motifs is 2. The van der Waals surface area contributed by atoms with Gasteiger partial charge in [0.25, 0.3) is 0 Å². The van der Waals surface area contributed by atoms with Gasteiger partial charge in [-0.15, -0.1) is 0 Å². The summed E-state index contributed by atoms with van der Waals surface area (Å²) in [5.41, 5.74) is 1.69. The van der Waals surface area contributed by atoms with Crippen LogP contribution in [0.4, 0.5) is 0 Å². The van der Waals surface area contributed by atoms with Crippen molar-refractivity contribution in [3.8, 4) is 0 Å². The molecule has 8 nitrogen and oxygen atoms in total. The first-order chi connectivity index (χ1) is 16.4. The van der Waals surface area contributed by atoms with Crippen molar-refractivity contribution in [2.75, 3.05) is 26.4 Å². The highest BCUT2D eigenvalue weighted by atomic mass is 16.7. The number of ether oxygens (including phenoxy) is 4. The van der Waals surface area contributed by atoms with Gasteiger partial charge >= 0.3 is 0 Å². The molecule has 0 spiro atoms. The van der Waals surface area contributed by atoms with Crippen molar-refractivity contribution in [3.63, 3.8) is 0 Å². The van der Waals surface area contributed by atoms with Crippen LogP contribution in [0.25, 0.3) is 21.8 Å². The van der Waals surface area contributed by atoms with E-state index >= 15 is 0 Å². The minimum absolute atomic E-state index is 0.277. The summed E-state index contributed by atoms with van der Waals surface area (Å²) in [6, 6.07) is 9.90. The van der Waals surface area contributed by atoms with Gasteiger partial charge in [0.1, 0.15) is 0 Å². The smallest absolute Gasteiger partial charge is 0.222 e. The molecule has 34 heavy (non-hydrogen) atoms. The summed E-state index contributed by atoms with van der Waals surface area (Å²) in [7, 11) is 1.83. The molecule has 0 saturated carbocycles. The summed E-state index contributed by atoms with van der Waals surface area (Å²) >= 11 is 0. The number of pyridine rings is 1. The molecule has 0 amide bonds. The predicted molar refractivity (Wildman–Crippen MR) is 129 cm³/mol. The molecule has 2 aromatic carbocycles. The van der Waals surface area contributed by atoms with Gasteiger partial charge in [0.15, 0.2) is 5.43 Å². The first-order valence-electron chi connectivity index (χ1n) is 11.5. The van der Waals surface area contributed by atoms with E-state index in [2.05, 4.69) is 0 Å². The lowest BCUT2D eigenvalue weighted by Gasteiger charge is -2.17. The largest absolute Gasteiger partial charge is 0.346 e. The molecule has 0 bridgehead atoms. The molecule has 1 aromatic heterocycles. The third kappa shape index (κ3) is 5.10. The normalized spacial score (nSPS) is 11.7. The second-order valence-corrected chi connectivity index (χ2v) is 7.57. The molecule has 0 N–H and O–H groups in total. The third-order valence-electron chi connectivity index (χ3n) is 5.47. The number of carbonyl (C=O) groups is 2. The molecule has 0 aliphatic carbocycles. The lowest BCUT2D eigenvalue weighted by atomic mass is 10.0. The second kappa shape index (κ2) is 11.5. The van der Waals surface area contributed by atoms with Gasteiger partial charge in [-0.2, -0.15) is 0 Å². The molecule has 0 saturated heterocycles. The van der Waals surface area contributed by atoms with Gasteiger partial charge in [-0.1, -0.05) is 0 Å². The van der Waals surface area contributed by atoms with E-state index in [4.69, 9.17) is 18.9 Å². The van der Waals surface area contributed by atoms with Crippen molar-refractivity contribution in [2.24, 2.45) is 7.05 Å². The average molecular weight is 470 g/mol. The molecule has 0 aliphatic heterocycles. The highest BCUT2D eigenvalue weighted by Gasteiger charge is 2.24. The molecule has 0 atom stereocenters. The van der Waals surface area contributed by atoms with Gasteiger partial charge < -0.3 is 23.5 Å². The molecule has 0 radical (unpaired) electrons. The summed E-state index contributed by atoms with van der Waals surface area (Å²) in [5, 5.41) is 0.728. The highest BCUT2D eigenvalue weighted by molar-refractivity contribution is 6.05. The Morgan fingerprint density at radius 2 is 1.06 bits per heavy atom. The Morgan fingerprint density at radius 3 is 1.38 bits per heavy atom. The number of carbonyl (C=O) groups excluding carboxylic acids is 2. The number of hydrogen-bond acceptors (Lipinski definition) is 7. The molecule has 0 fully saturated rings. The minimum Gasteiger partial charge on any atom is -0.346 e. The van der Waals surface area contributed by atoms with E-state index < -0.39 is 12.6 Å². The Labute approximate surface area is 198 Å². The van der Waals surface area contributed by atoms with Gasteiger partial charge in [0.2, 0.25) is 24.1 Å². The molecule has 8 heteroatoms. The molecule has 1 heterocycles. The number of aromatic nitrogens is 1. The van der Waals surface area contributed by atoms with E-state index in [0.29, 0.717) is 59.4 Å². The summed E-state index contributed by atoms with van der Waals surface area (Å²) in [6.45, 7) is 8.39. The maximum Gasteiger partial charge on any atom is 0.222 e. The molecular weight excluding hydrogens is 438 g/mol. The van der Waals surface area contributed by atoms with Crippen LogP contribution < -0.4 is 5.43 Å². The topological polar surface area (TPSA) is 93.1 Å². The first-order valence-corrected chi connectivity index (χ1v) is 11.5. The fraction of sp³-hybridized carbons (Fsp3) is 0.423. The monoisotopic (exact) mass is 469 g/mol. The zero-order chi connectivity index (χ0) is 24.8. The maximum atomic E-state index is 13.5. The van der Waals surface area contributed by atoms with E-state index in [9.17, 15) is 14.4 Å². The molecular formula is C26H31NO7. The molecule has 182 valence electrons. The van der Waals surface area contributed by atoms with Crippen molar-refractivity contribution >= 4 is 33.4 Å². The van der Waals surface area contributed by atoms with E-state index in [-0.39, 0.29) is 17.0 Å². The van der Waals surface area contributed by atoms with E-state index in [1.807, 2.05) is 11.6 Å². The Balaban J connectivity index is 2.13. The van der Waals surface area contributed by atoms with Gasteiger partial charge in [-0.3, -0.25) is 14.4 Å². The Morgan fingerprint density at radius 1 is 0.706 bits per heavy atom. The fourth-order valence-electron chi connectivity index (χ4n) is 3.88. The van der Waals surface area contributed by atoms with Crippen LogP contribution in [0.1, 0.15) is 48.4 Å². The standard InChI is InChI=1S/C26H31NO7/c1-6-31-25(32-7-2)22(28)16-10-12-20-18(14-16)24(30)19-15-17(11-13-21(19)27(20)5)23(29)26(33-8-3)34-9-4/h10-15,25-26H,6-9H2,1-5H3. The Bertz CT molecular complexity index is 1140. The number of ketones is 2. The van der Waals surface area contributed by atoms with E-state index in [1.165, 1.54) is 0 Å². The van der Waals surface area contributed by atoms with Crippen molar-refractivity contribution in [1.29, 1.82) is 0 Å². The number of hydrogen-bond donors (Lipinski definition) is 0. The Kier molecular flexibility index (Phi) is 8.68. The maximum absolute atomic E-state index is 13.5. The van der Waals surface area contributed by atoms with Crippen LogP contribution in [-0.4, -0.2) is 55.1 Å². The number of benzene rings is 2. The van der Waals surface area contributed by atoms with Crippen molar-refractivity contribution in [2.45, 2.75) is 40.3 Å². The van der Waals surface area contributed by atoms with Crippen LogP contribution in [0.3, 0.4) is 0 Å². The van der Waals surface area contributed by atoms with Crippen LogP contribution >= 0.6 is 0 Å². The second-order valence-electron chi connectivity index (χ2n) is 7.57. The SMILES string of the molecule is CCOC(OCC)C(=O)c1ccc2c(c1)c(=O)c1cc(C(=O)C(OCC)OCC)ccc1n2C. The van der Waals surface area contributed by atoms with Crippen molar-refractivity contribution in [1.82, 2.24) is 4.57 Å². The number of nitrogens with zero attached hydrogens (tertiary/aromatic N) is 1. The predicted octanol–water partition coefficient (Wildman–Crippen LogP) is 3.86. The van der Waals surface area contributed by atoms with Crippen LogP contribution in [-0.2, 0) is 26.0 Å². The van der Waals surface area contributed by atoms with Gasteiger partial charge in [0, 0.05) is 55.4 Å². The average Bonchev–Trinajstić information content (AvgIpc) is 2.85. The van der Waals surface area contributed by atoms with Crippen LogP contribution in [0.2, 0.25) is 0 Å². The molecule has 3 aromatic rings. The lowest BCUT2D eigenvalue weighted by Crippen LogP contribution is -2.28. The summed E-state index contributed by atoms with van der Waals surface area (Å²) in [6.07, 6.45) is -2.06. The van der Waals surface area contributed by atoms with Gasteiger partial charge in [-0.25, -0.2) is 0 Å². The zero-order valence-corrected chi connectivity index (χ0v) is 20.3. The quantitative estimate of drug-likeness (QED) is 0.226. The summed E-state index contributed by atoms with van der Waals surface area (Å²) in [4.78, 5) is 39.3. The van der Waals surface area contributed by atoms with Crippen LogP contribution in [0.5, 0.6) is 0 Å². The van der Waals surface area contributed by atoms with E-state index in [0.717, 1.165) is 0 Å². The van der Waals surface area contributed by atoms with E-state index in [1.54, 1.807) is 64.1 Å². The minimum atomic E-state index is -1.03. The summed E-state index contributed by atoms with van der Waals surface area (Å²) in [5.74, 6) is -0.708. The van der Waals surface area contributed by atoms with Crippen molar-refractivity contribution < 1.29 is 28.5 Å². The number of rotatable bonds is 12. The van der Waals surface area contributed by atoms with Crippen LogP contribution in [0.15, 0.2) is 41.2 Å². The highest BCUT2D eigenvalue weighted by Crippen LogP contribution is 2.22. The van der Waals surface area contributed by atoms with Gasteiger partial charge in [0.05, 0.1) is 11.0 Å². The van der Waals surface area contributed by atoms with Gasteiger partial charge in [-0.05, 0) is 64.1 Å². The molecule has 0 unspecified atom stereocenters. The zero-order valence-electron chi connectivity index (χ0n) is 20.3. The third-order valence-corrected chi connectivity index (χ3v) is 5.47. The number of Topliss-reactive ketones (excluding diaryl/α,β-unsaturated/α-hetero) is 2. The summed E-state index contributed by atoms with van der Waals surface area (Å²) < 4.78 is 23.6. The fourth-order valence-corrected chi connectivity index (χ4v) is 3.88. The van der Waals surface area contributed by atoms with Crippen LogP contribution in [0, 0.1) is 0 Å².